The first kappa shape index (κ1) is 16.0. The fourth-order valence-electron chi connectivity index (χ4n) is 1.93. The highest BCUT2D eigenvalue weighted by atomic mass is 15.2. The topological polar surface area (TPSA) is 42.1 Å². The van der Waals surface area contributed by atoms with Gasteiger partial charge < -0.3 is 10.6 Å². The largest absolute Gasteiger partial charge is 0.357 e. The Hall–Kier alpha value is -1.09. The smallest absolute Gasteiger partial charge is 0.128 e. The summed E-state index contributed by atoms with van der Waals surface area (Å²) in [5.41, 5.74) is 6.87. The summed E-state index contributed by atoms with van der Waals surface area (Å²) in [6.45, 7) is 11.8. The third-order valence-electron chi connectivity index (χ3n) is 3.32. The highest BCUT2D eigenvalue weighted by Gasteiger charge is 2.10. The molecule has 0 amide bonds. The maximum atomic E-state index is 5.72. The lowest BCUT2D eigenvalue weighted by Gasteiger charge is -2.25. The molecule has 0 aliphatic heterocycles. The fourth-order valence-corrected chi connectivity index (χ4v) is 1.93. The molecule has 0 unspecified atom stereocenters. The highest BCUT2D eigenvalue weighted by Crippen LogP contribution is 2.16. The molecule has 3 heteroatoms. The Labute approximate surface area is 118 Å². The van der Waals surface area contributed by atoms with E-state index in [-0.39, 0.29) is 0 Å². The van der Waals surface area contributed by atoms with Crippen molar-refractivity contribution in [2.75, 3.05) is 18.0 Å². The summed E-state index contributed by atoms with van der Waals surface area (Å²) >= 11 is 0. The standard InChI is InChI=1S/C16H29N3/c1-13(2)6-9-19(10-7-14(3)4)16-11-15(12-17)5-8-18-16/h5,8,11,13-14H,6-7,9-10,12,17H2,1-4H3. The Bertz CT molecular complexity index is 349. The minimum Gasteiger partial charge on any atom is -0.357 e. The summed E-state index contributed by atoms with van der Waals surface area (Å²) in [6, 6.07) is 4.12. The second kappa shape index (κ2) is 8.16. The lowest BCUT2D eigenvalue weighted by atomic mass is 10.1. The molecule has 1 rings (SSSR count). The maximum Gasteiger partial charge on any atom is 0.128 e. The predicted molar refractivity (Wildman–Crippen MR) is 83.3 cm³/mol. The van der Waals surface area contributed by atoms with Crippen LogP contribution in [-0.4, -0.2) is 18.1 Å². The Morgan fingerprint density at radius 1 is 1.11 bits per heavy atom. The van der Waals surface area contributed by atoms with Crippen molar-refractivity contribution in [2.45, 2.75) is 47.1 Å². The first-order valence-electron chi connectivity index (χ1n) is 7.42. The molecule has 19 heavy (non-hydrogen) atoms. The van der Waals surface area contributed by atoms with Crippen LogP contribution in [0, 0.1) is 11.8 Å². The van der Waals surface area contributed by atoms with Crippen LogP contribution in [0.3, 0.4) is 0 Å². The van der Waals surface area contributed by atoms with E-state index in [1.165, 1.54) is 12.8 Å². The SMILES string of the molecule is CC(C)CCN(CCC(C)C)c1cc(CN)ccn1. The lowest BCUT2D eigenvalue weighted by molar-refractivity contribution is 0.533. The molecular formula is C16H29N3. The molecule has 1 aromatic heterocycles. The van der Waals surface area contributed by atoms with Crippen molar-refractivity contribution >= 4 is 5.82 Å². The molecule has 0 spiro atoms. The van der Waals surface area contributed by atoms with Crippen LogP contribution in [0.15, 0.2) is 18.3 Å². The number of hydrogen-bond acceptors (Lipinski definition) is 3. The molecule has 0 aliphatic rings. The van der Waals surface area contributed by atoms with Gasteiger partial charge in [-0.25, -0.2) is 4.98 Å². The zero-order valence-corrected chi connectivity index (χ0v) is 12.9. The van der Waals surface area contributed by atoms with Gasteiger partial charge in [0.05, 0.1) is 0 Å². The number of nitrogens with zero attached hydrogens (tertiary/aromatic N) is 2. The van der Waals surface area contributed by atoms with Crippen LogP contribution in [0.2, 0.25) is 0 Å². The molecule has 108 valence electrons. The molecule has 0 saturated carbocycles. The molecule has 1 aromatic rings. The number of hydrogen-bond donors (Lipinski definition) is 1. The van der Waals surface area contributed by atoms with Crippen LogP contribution in [0.1, 0.15) is 46.1 Å². The van der Waals surface area contributed by atoms with Gasteiger partial charge in [-0.05, 0) is 42.4 Å². The number of pyridine rings is 1. The van der Waals surface area contributed by atoms with Gasteiger partial charge in [0.2, 0.25) is 0 Å². The van der Waals surface area contributed by atoms with Crippen molar-refractivity contribution in [3.63, 3.8) is 0 Å². The van der Waals surface area contributed by atoms with E-state index in [1.807, 2.05) is 12.3 Å². The van der Waals surface area contributed by atoms with Crippen molar-refractivity contribution < 1.29 is 0 Å². The van der Waals surface area contributed by atoms with Gasteiger partial charge in [0, 0.05) is 25.8 Å². The summed E-state index contributed by atoms with van der Waals surface area (Å²) in [7, 11) is 0. The highest BCUT2D eigenvalue weighted by molar-refractivity contribution is 5.40. The summed E-state index contributed by atoms with van der Waals surface area (Å²) < 4.78 is 0. The number of rotatable bonds is 8. The summed E-state index contributed by atoms with van der Waals surface area (Å²) in [6.07, 6.45) is 4.27. The molecule has 0 radical (unpaired) electrons. The zero-order valence-electron chi connectivity index (χ0n) is 12.9. The first-order chi connectivity index (χ1) is 9.02. The molecule has 1 heterocycles. The van der Waals surface area contributed by atoms with Gasteiger partial charge in [0.25, 0.3) is 0 Å². The average molecular weight is 263 g/mol. The normalized spacial score (nSPS) is 11.3. The summed E-state index contributed by atoms with van der Waals surface area (Å²) in [4.78, 5) is 6.92. The van der Waals surface area contributed by atoms with Crippen LogP contribution in [0.4, 0.5) is 5.82 Å². The van der Waals surface area contributed by atoms with Crippen molar-refractivity contribution in [2.24, 2.45) is 17.6 Å². The van der Waals surface area contributed by atoms with Crippen molar-refractivity contribution in [1.82, 2.24) is 4.98 Å². The van der Waals surface area contributed by atoms with E-state index in [0.717, 1.165) is 36.3 Å². The molecule has 0 bridgehead atoms. The molecule has 0 fully saturated rings. The molecule has 0 saturated heterocycles. The van der Waals surface area contributed by atoms with Gasteiger partial charge in [-0.1, -0.05) is 27.7 Å². The molecule has 0 aliphatic carbocycles. The number of nitrogens with two attached hydrogens (primary N) is 1. The van der Waals surface area contributed by atoms with Gasteiger partial charge in [-0.2, -0.15) is 0 Å². The van der Waals surface area contributed by atoms with Gasteiger partial charge in [-0.3, -0.25) is 0 Å². The summed E-state index contributed by atoms with van der Waals surface area (Å²) in [5, 5.41) is 0. The van der Waals surface area contributed by atoms with Crippen LogP contribution in [0.5, 0.6) is 0 Å². The van der Waals surface area contributed by atoms with Crippen LogP contribution in [-0.2, 0) is 6.54 Å². The number of aromatic nitrogens is 1. The van der Waals surface area contributed by atoms with Crippen molar-refractivity contribution in [3.05, 3.63) is 23.9 Å². The Kier molecular flexibility index (Phi) is 6.85. The van der Waals surface area contributed by atoms with E-state index >= 15 is 0 Å². The van der Waals surface area contributed by atoms with E-state index in [9.17, 15) is 0 Å². The van der Waals surface area contributed by atoms with Crippen LogP contribution >= 0.6 is 0 Å². The fraction of sp³-hybridized carbons (Fsp3) is 0.688. The Morgan fingerprint density at radius 3 is 2.16 bits per heavy atom. The third kappa shape index (κ3) is 6.06. The van der Waals surface area contributed by atoms with Crippen molar-refractivity contribution in [3.8, 4) is 0 Å². The van der Waals surface area contributed by atoms with Crippen molar-refractivity contribution in [1.29, 1.82) is 0 Å². The first-order valence-corrected chi connectivity index (χ1v) is 7.42. The molecular weight excluding hydrogens is 234 g/mol. The number of anilines is 1. The van der Waals surface area contributed by atoms with Gasteiger partial charge in [0.1, 0.15) is 5.82 Å². The molecule has 2 N–H and O–H groups in total. The van der Waals surface area contributed by atoms with Gasteiger partial charge in [-0.15, -0.1) is 0 Å². The molecule has 0 atom stereocenters. The van der Waals surface area contributed by atoms with E-state index in [1.54, 1.807) is 0 Å². The third-order valence-corrected chi connectivity index (χ3v) is 3.32. The van der Waals surface area contributed by atoms with Crippen LogP contribution in [0.25, 0.3) is 0 Å². The van der Waals surface area contributed by atoms with E-state index in [2.05, 4.69) is 43.6 Å². The quantitative estimate of drug-likeness (QED) is 0.781. The molecule has 0 aromatic carbocycles. The minimum atomic E-state index is 0.581. The van der Waals surface area contributed by atoms with E-state index < -0.39 is 0 Å². The Balaban J connectivity index is 2.74. The summed E-state index contributed by atoms with van der Waals surface area (Å²) in [5.74, 6) is 2.52. The van der Waals surface area contributed by atoms with E-state index in [4.69, 9.17) is 5.73 Å². The molecule has 3 nitrogen and oxygen atoms in total. The monoisotopic (exact) mass is 263 g/mol. The second-order valence-corrected chi connectivity index (χ2v) is 6.08. The maximum absolute atomic E-state index is 5.72. The Morgan fingerprint density at radius 2 is 1.68 bits per heavy atom. The average Bonchev–Trinajstić information content (AvgIpc) is 2.38. The van der Waals surface area contributed by atoms with Gasteiger partial charge in [0.15, 0.2) is 0 Å². The minimum absolute atomic E-state index is 0.581. The zero-order chi connectivity index (χ0) is 14.3. The van der Waals surface area contributed by atoms with Gasteiger partial charge >= 0.3 is 0 Å². The van der Waals surface area contributed by atoms with Crippen LogP contribution < -0.4 is 10.6 Å². The predicted octanol–water partition coefficient (Wildman–Crippen LogP) is 3.44. The lowest BCUT2D eigenvalue weighted by Crippen LogP contribution is -2.28. The van der Waals surface area contributed by atoms with E-state index in [0.29, 0.717) is 6.54 Å². The second-order valence-electron chi connectivity index (χ2n) is 6.08.